The number of ether oxygens (including phenoxy) is 1. The molecule has 0 unspecified atom stereocenters. The second-order valence-corrected chi connectivity index (χ2v) is 4.47. The van der Waals surface area contributed by atoms with E-state index >= 15 is 0 Å². The highest BCUT2D eigenvalue weighted by Gasteiger charge is 2.30. The number of alkyl halides is 3. The molecule has 0 saturated carbocycles. The van der Waals surface area contributed by atoms with E-state index < -0.39 is 6.36 Å². The van der Waals surface area contributed by atoms with Crippen LogP contribution in [0, 0.1) is 0 Å². The van der Waals surface area contributed by atoms with Crippen molar-refractivity contribution in [2.24, 2.45) is 0 Å². The highest BCUT2D eigenvalue weighted by atomic mass is 19.4. The van der Waals surface area contributed by atoms with Gasteiger partial charge in [-0.05, 0) is 35.9 Å². The third-order valence-electron chi connectivity index (χ3n) is 3.10. The quantitative estimate of drug-likeness (QED) is 0.733. The van der Waals surface area contributed by atoms with E-state index in [1.165, 1.54) is 24.3 Å². The SMILES string of the molecule is Oc1ccc(-c2ccc(OC(F)(F)F)cc2)c2[nH]ccc12. The first-order valence-electron chi connectivity index (χ1n) is 6.09. The monoisotopic (exact) mass is 293 g/mol. The Labute approximate surface area is 117 Å². The molecule has 0 aliphatic carbocycles. The molecule has 0 radical (unpaired) electrons. The van der Waals surface area contributed by atoms with Crippen molar-refractivity contribution >= 4 is 10.9 Å². The van der Waals surface area contributed by atoms with Crippen molar-refractivity contribution in [3.05, 3.63) is 48.7 Å². The van der Waals surface area contributed by atoms with Crippen LogP contribution in [0.3, 0.4) is 0 Å². The molecule has 3 rings (SSSR count). The van der Waals surface area contributed by atoms with Crippen LogP contribution >= 0.6 is 0 Å². The van der Waals surface area contributed by atoms with Crippen LogP contribution in [0.1, 0.15) is 0 Å². The van der Waals surface area contributed by atoms with Crippen LogP contribution in [0.4, 0.5) is 13.2 Å². The first-order chi connectivity index (χ1) is 9.94. The molecule has 3 aromatic rings. The lowest BCUT2D eigenvalue weighted by Crippen LogP contribution is -2.16. The number of aromatic hydroxyl groups is 1. The molecule has 21 heavy (non-hydrogen) atoms. The Balaban J connectivity index is 2.00. The van der Waals surface area contributed by atoms with E-state index in [4.69, 9.17) is 0 Å². The number of phenolic OH excluding ortho intramolecular Hbond substituents is 1. The summed E-state index contributed by atoms with van der Waals surface area (Å²) in [7, 11) is 0. The van der Waals surface area contributed by atoms with Gasteiger partial charge in [0.1, 0.15) is 11.5 Å². The van der Waals surface area contributed by atoms with Crippen molar-refractivity contribution in [1.82, 2.24) is 4.98 Å². The zero-order valence-electron chi connectivity index (χ0n) is 10.6. The summed E-state index contributed by atoms with van der Waals surface area (Å²) >= 11 is 0. The first-order valence-corrected chi connectivity index (χ1v) is 6.09. The third kappa shape index (κ3) is 2.65. The van der Waals surface area contributed by atoms with Crippen LogP contribution in [0.25, 0.3) is 22.0 Å². The smallest absolute Gasteiger partial charge is 0.507 e. The Hall–Kier alpha value is -2.63. The largest absolute Gasteiger partial charge is 0.573 e. The van der Waals surface area contributed by atoms with Crippen LogP contribution in [0.2, 0.25) is 0 Å². The fourth-order valence-electron chi connectivity index (χ4n) is 2.22. The highest BCUT2D eigenvalue weighted by molar-refractivity contribution is 5.97. The number of phenols is 1. The molecule has 3 nitrogen and oxygen atoms in total. The molecule has 6 heteroatoms. The lowest BCUT2D eigenvalue weighted by Gasteiger charge is -2.10. The molecule has 108 valence electrons. The summed E-state index contributed by atoms with van der Waals surface area (Å²) in [5.41, 5.74) is 2.22. The lowest BCUT2D eigenvalue weighted by atomic mass is 10.0. The van der Waals surface area contributed by atoms with Gasteiger partial charge in [0.25, 0.3) is 0 Å². The van der Waals surface area contributed by atoms with E-state index in [2.05, 4.69) is 9.72 Å². The summed E-state index contributed by atoms with van der Waals surface area (Å²) in [4.78, 5) is 3.01. The fraction of sp³-hybridized carbons (Fsp3) is 0.0667. The number of rotatable bonds is 2. The Morgan fingerprint density at radius 1 is 0.952 bits per heavy atom. The molecular formula is C15H10F3NO2. The molecule has 0 atom stereocenters. The van der Waals surface area contributed by atoms with Gasteiger partial charge >= 0.3 is 6.36 Å². The maximum atomic E-state index is 12.1. The average molecular weight is 293 g/mol. The van der Waals surface area contributed by atoms with Crippen LogP contribution in [-0.4, -0.2) is 16.5 Å². The van der Waals surface area contributed by atoms with Gasteiger partial charge in [-0.25, -0.2) is 0 Å². The van der Waals surface area contributed by atoms with Crippen molar-refractivity contribution in [2.45, 2.75) is 6.36 Å². The topological polar surface area (TPSA) is 45.2 Å². The van der Waals surface area contributed by atoms with Gasteiger partial charge in [-0.15, -0.1) is 13.2 Å². The molecule has 0 spiro atoms. The molecule has 1 heterocycles. The Morgan fingerprint density at radius 2 is 1.67 bits per heavy atom. The summed E-state index contributed by atoms with van der Waals surface area (Å²) in [5.74, 6) is -0.125. The summed E-state index contributed by atoms with van der Waals surface area (Å²) in [5, 5.41) is 10.4. The molecule has 0 aliphatic heterocycles. The van der Waals surface area contributed by atoms with Crippen molar-refractivity contribution in [3.8, 4) is 22.6 Å². The zero-order valence-corrected chi connectivity index (χ0v) is 10.6. The van der Waals surface area contributed by atoms with Crippen LogP contribution in [-0.2, 0) is 0 Å². The number of hydrogen-bond donors (Lipinski definition) is 2. The van der Waals surface area contributed by atoms with E-state index in [1.807, 2.05) is 0 Å². The minimum Gasteiger partial charge on any atom is -0.507 e. The highest BCUT2D eigenvalue weighted by Crippen LogP contribution is 2.34. The second kappa shape index (κ2) is 4.73. The van der Waals surface area contributed by atoms with E-state index in [9.17, 15) is 18.3 Å². The predicted octanol–water partition coefficient (Wildman–Crippen LogP) is 4.44. The number of H-pyrrole nitrogens is 1. The summed E-state index contributed by atoms with van der Waals surface area (Å²) in [6.45, 7) is 0. The zero-order chi connectivity index (χ0) is 15.0. The normalized spacial score (nSPS) is 11.8. The predicted molar refractivity (Wildman–Crippen MR) is 72.1 cm³/mol. The Kier molecular flexibility index (Phi) is 3.01. The van der Waals surface area contributed by atoms with E-state index in [1.54, 1.807) is 24.4 Å². The molecular weight excluding hydrogens is 283 g/mol. The van der Waals surface area contributed by atoms with Crippen LogP contribution in [0.5, 0.6) is 11.5 Å². The number of aromatic nitrogens is 1. The Morgan fingerprint density at radius 3 is 2.33 bits per heavy atom. The first kappa shape index (κ1) is 13.4. The number of halogens is 3. The molecule has 0 fully saturated rings. The van der Waals surface area contributed by atoms with Gasteiger partial charge in [-0.3, -0.25) is 0 Å². The van der Waals surface area contributed by atoms with E-state index in [0.29, 0.717) is 5.39 Å². The van der Waals surface area contributed by atoms with Gasteiger partial charge < -0.3 is 14.8 Å². The van der Waals surface area contributed by atoms with Gasteiger partial charge in [0.05, 0.1) is 5.52 Å². The number of nitrogens with one attached hydrogen (secondary N) is 1. The molecule has 0 bridgehead atoms. The lowest BCUT2D eigenvalue weighted by molar-refractivity contribution is -0.274. The van der Waals surface area contributed by atoms with E-state index in [-0.39, 0.29) is 11.5 Å². The minimum atomic E-state index is -4.70. The number of benzene rings is 2. The molecule has 2 aromatic carbocycles. The average Bonchev–Trinajstić information content (AvgIpc) is 2.89. The van der Waals surface area contributed by atoms with Crippen molar-refractivity contribution in [2.75, 3.05) is 0 Å². The molecule has 0 aliphatic rings. The molecule has 0 amide bonds. The maximum absolute atomic E-state index is 12.1. The fourth-order valence-corrected chi connectivity index (χ4v) is 2.22. The number of aromatic amines is 1. The molecule has 0 saturated heterocycles. The number of fused-ring (bicyclic) bond motifs is 1. The molecule has 1 aromatic heterocycles. The van der Waals surface area contributed by atoms with Crippen LogP contribution in [0.15, 0.2) is 48.7 Å². The van der Waals surface area contributed by atoms with Crippen molar-refractivity contribution in [1.29, 1.82) is 0 Å². The van der Waals surface area contributed by atoms with Gasteiger partial charge in [0, 0.05) is 17.1 Å². The van der Waals surface area contributed by atoms with Gasteiger partial charge in [0.15, 0.2) is 0 Å². The maximum Gasteiger partial charge on any atom is 0.573 e. The van der Waals surface area contributed by atoms with Crippen molar-refractivity contribution < 1.29 is 23.0 Å². The van der Waals surface area contributed by atoms with E-state index in [0.717, 1.165) is 16.6 Å². The standard InChI is InChI=1S/C15H10F3NO2/c16-15(17,18)21-10-3-1-9(2-4-10)11-5-6-13(20)12-7-8-19-14(11)12/h1-8,19-20H. The molecule has 2 N–H and O–H groups in total. The number of hydrogen-bond acceptors (Lipinski definition) is 2. The third-order valence-corrected chi connectivity index (χ3v) is 3.10. The minimum absolute atomic E-state index is 0.145. The Bertz CT molecular complexity index is 776. The van der Waals surface area contributed by atoms with Gasteiger partial charge in [-0.2, -0.15) is 0 Å². The second-order valence-electron chi connectivity index (χ2n) is 4.47. The van der Waals surface area contributed by atoms with Gasteiger partial charge in [-0.1, -0.05) is 12.1 Å². The summed E-state index contributed by atoms with van der Waals surface area (Å²) in [6, 6.07) is 10.6. The van der Waals surface area contributed by atoms with Gasteiger partial charge in [0.2, 0.25) is 0 Å². The summed E-state index contributed by atoms with van der Waals surface area (Å²) in [6.07, 6.45) is -3.01. The summed E-state index contributed by atoms with van der Waals surface area (Å²) < 4.78 is 40.2. The van der Waals surface area contributed by atoms with Crippen LogP contribution < -0.4 is 4.74 Å². The van der Waals surface area contributed by atoms with Crippen molar-refractivity contribution in [3.63, 3.8) is 0 Å².